The third-order valence-corrected chi connectivity index (χ3v) is 6.48. The molecule has 0 saturated carbocycles. The van der Waals surface area contributed by atoms with E-state index in [1.165, 1.54) is 4.90 Å². The number of aryl methyl sites for hydroxylation is 1. The summed E-state index contributed by atoms with van der Waals surface area (Å²) in [6, 6.07) is 19.3. The van der Waals surface area contributed by atoms with Crippen LogP contribution in [0.4, 0.5) is 4.79 Å². The molecule has 6 nitrogen and oxygen atoms in total. The SMILES string of the molecule is COc1ccc(C(=O)Oc2ccc(Br)cc2/C=C2\SC(=O)N(Cc3cccc(C)c3)C2=O)cc1. The van der Waals surface area contributed by atoms with Gasteiger partial charge in [-0.2, -0.15) is 0 Å². The van der Waals surface area contributed by atoms with Crippen LogP contribution in [0.3, 0.4) is 0 Å². The number of carbonyl (C=O) groups excluding carboxylic acids is 3. The Balaban J connectivity index is 1.57. The van der Waals surface area contributed by atoms with Gasteiger partial charge in [-0.15, -0.1) is 0 Å². The van der Waals surface area contributed by atoms with E-state index in [-0.39, 0.29) is 28.3 Å². The van der Waals surface area contributed by atoms with Crippen molar-refractivity contribution in [3.63, 3.8) is 0 Å². The maximum Gasteiger partial charge on any atom is 0.343 e. The largest absolute Gasteiger partial charge is 0.497 e. The van der Waals surface area contributed by atoms with Crippen LogP contribution in [0.15, 0.2) is 76.1 Å². The quantitative estimate of drug-likeness (QED) is 0.211. The van der Waals surface area contributed by atoms with E-state index in [1.807, 2.05) is 31.2 Å². The highest BCUT2D eigenvalue weighted by Gasteiger charge is 2.35. The molecule has 0 aliphatic carbocycles. The number of rotatable bonds is 6. The summed E-state index contributed by atoms with van der Waals surface area (Å²) in [4.78, 5) is 39.7. The van der Waals surface area contributed by atoms with Gasteiger partial charge in [-0.1, -0.05) is 45.8 Å². The summed E-state index contributed by atoms with van der Waals surface area (Å²) in [5.74, 6) is -0.0344. The van der Waals surface area contributed by atoms with Crippen molar-refractivity contribution in [2.75, 3.05) is 7.11 Å². The lowest BCUT2D eigenvalue weighted by Gasteiger charge is -2.13. The highest BCUT2D eigenvalue weighted by molar-refractivity contribution is 9.10. The lowest BCUT2D eigenvalue weighted by molar-refractivity contribution is -0.123. The zero-order valence-corrected chi connectivity index (χ0v) is 20.8. The minimum Gasteiger partial charge on any atom is -0.497 e. The number of benzene rings is 3. The van der Waals surface area contributed by atoms with E-state index in [0.29, 0.717) is 16.9 Å². The van der Waals surface area contributed by atoms with E-state index in [1.54, 1.807) is 55.7 Å². The van der Waals surface area contributed by atoms with Gasteiger partial charge in [-0.05, 0) is 72.8 Å². The van der Waals surface area contributed by atoms with Crippen molar-refractivity contribution in [1.82, 2.24) is 4.90 Å². The minimum atomic E-state index is -0.549. The number of esters is 1. The average Bonchev–Trinajstić information content (AvgIpc) is 3.08. The van der Waals surface area contributed by atoms with Gasteiger partial charge in [-0.25, -0.2) is 4.79 Å². The normalized spacial score (nSPS) is 14.6. The number of hydrogen-bond acceptors (Lipinski definition) is 6. The molecule has 1 fully saturated rings. The van der Waals surface area contributed by atoms with Crippen LogP contribution >= 0.6 is 27.7 Å². The Kier molecular flexibility index (Phi) is 7.19. The molecule has 0 atom stereocenters. The van der Waals surface area contributed by atoms with Crippen LogP contribution in [0.5, 0.6) is 11.5 Å². The Hall–Kier alpha value is -3.36. The van der Waals surface area contributed by atoms with Crippen molar-refractivity contribution in [3.05, 3.63) is 98.4 Å². The minimum absolute atomic E-state index is 0.196. The van der Waals surface area contributed by atoms with Gasteiger partial charge >= 0.3 is 5.97 Å². The summed E-state index contributed by atoms with van der Waals surface area (Å²) in [6.07, 6.45) is 1.57. The predicted octanol–water partition coefficient (Wildman–Crippen LogP) is 6.22. The van der Waals surface area contributed by atoms with Crippen LogP contribution in [-0.4, -0.2) is 29.1 Å². The standard InChI is InChI=1S/C26H20BrNO5S/c1-16-4-3-5-17(12-16)15-28-24(29)23(34-26(28)31)14-19-13-20(27)8-11-22(19)33-25(30)18-6-9-21(32-2)10-7-18/h3-14H,15H2,1-2H3/b23-14-. The lowest BCUT2D eigenvalue weighted by Crippen LogP contribution is -2.27. The van der Waals surface area contributed by atoms with E-state index in [9.17, 15) is 14.4 Å². The summed E-state index contributed by atoms with van der Waals surface area (Å²) in [5, 5.41) is -0.343. The van der Waals surface area contributed by atoms with Crippen molar-refractivity contribution in [2.24, 2.45) is 0 Å². The molecular formula is C26H20BrNO5S. The number of imide groups is 1. The first-order chi connectivity index (χ1) is 16.3. The molecule has 0 unspecified atom stereocenters. The summed E-state index contributed by atoms with van der Waals surface area (Å²) < 4.78 is 11.5. The molecule has 0 aromatic heterocycles. The number of amides is 2. The number of nitrogens with zero attached hydrogens (tertiary/aromatic N) is 1. The van der Waals surface area contributed by atoms with Gasteiger partial charge in [0.15, 0.2) is 0 Å². The zero-order valence-electron chi connectivity index (χ0n) is 18.4. The summed E-state index contributed by atoms with van der Waals surface area (Å²) in [6.45, 7) is 2.15. The fourth-order valence-corrected chi connectivity index (χ4v) is 4.59. The number of thioether (sulfide) groups is 1. The zero-order chi connectivity index (χ0) is 24.2. The number of carbonyl (C=O) groups is 3. The average molecular weight is 538 g/mol. The Bertz CT molecular complexity index is 1300. The van der Waals surface area contributed by atoms with Crippen molar-refractivity contribution in [1.29, 1.82) is 0 Å². The fraction of sp³-hybridized carbons (Fsp3) is 0.115. The summed E-state index contributed by atoms with van der Waals surface area (Å²) >= 11 is 4.27. The van der Waals surface area contributed by atoms with Crippen molar-refractivity contribution >= 4 is 50.9 Å². The Morgan fingerprint density at radius 2 is 1.82 bits per heavy atom. The number of methoxy groups -OCH3 is 1. The molecule has 1 aliphatic rings. The third kappa shape index (κ3) is 5.40. The number of hydrogen-bond donors (Lipinski definition) is 0. The van der Waals surface area contributed by atoms with Gasteiger partial charge in [0, 0.05) is 10.0 Å². The molecule has 1 saturated heterocycles. The fourth-order valence-electron chi connectivity index (χ4n) is 3.38. The van der Waals surface area contributed by atoms with Gasteiger partial charge in [-0.3, -0.25) is 14.5 Å². The molecule has 8 heteroatoms. The second-order valence-corrected chi connectivity index (χ2v) is 9.47. The molecular weight excluding hydrogens is 518 g/mol. The van der Waals surface area contributed by atoms with Crippen molar-refractivity contribution in [3.8, 4) is 11.5 Å². The molecule has 3 aromatic carbocycles. The van der Waals surface area contributed by atoms with Gasteiger partial charge in [0.25, 0.3) is 11.1 Å². The Morgan fingerprint density at radius 1 is 1.06 bits per heavy atom. The van der Waals surface area contributed by atoms with Gasteiger partial charge in [0.05, 0.1) is 24.1 Å². The van der Waals surface area contributed by atoms with Crippen LogP contribution in [0, 0.1) is 6.92 Å². The molecule has 1 aliphatic heterocycles. The first-order valence-corrected chi connectivity index (χ1v) is 11.9. The van der Waals surface area contributed by atoms with Gasteiger partial charge in [0.1, 0.15) is 11.5 Å². The van der Waals surface area contributed by atoms with Crippen molar-refractivity contribution < 1.29 is 23.9 Å². The molecule has 0 radical (unpaired) electrons. The first-order valence-electron chi connectivity index (χ1n) is 10.3. The molecule has 2 amide bonds. The molecule has 0 bridgehead atoms. The van der Waals surface area contributed by atoms with Crippen molar-refractivity contribution in [2.45, 2.75) is 13.5 Å². The summed E-state index contributed by atoms with van der Waals surface area (Å²) in [5.41, 5.74) is 2.78. The second-order valence-electron chi connectivity index (χ2n) is 7.56. The van der Waals surface area contributed by atoms with Gasteiger partial charge < -0.3 is 9.47 Å². The molecule has 0 N–H and O–H groups in total. The molecule has 0 spiro atoms. The van der Waals surface area contributed by atoms with Crippen LogP contribution in [0.2, 0.25) is 0 Å². The summed E-state index contributed by atoms with van der Waals surface area (Å²) in [7, 11) is 1.55. The number of ether oxygens (including phenoxy) is 2. The van der Waals surface area contributed by atoms with E-state index in [0.717, 1.165) is 27.4 Å². The van der Waals surface area contributed by atoms with Crippen LogP contribution in [0.25, 0.3) is 6.08 Å². The van der Waals surface area contributed by atoms with E-state index in [2.05, 4.69) is 15.9 Å². The van der Waals surface area contributed by atoms with Crippen LogP contribution in [-0.2, 0) is 11.3 Å². The number of halogens is 1. The Labute approximate surface area is 209 Å². The van der Waals surface area contributed by atoms with Crippen LogP contribution in [0.1, 0.15) is 27.0 Å². The smallest absolute Gasteiger partial charge is 0.343 e. The highest BCUT2D eigenvalue weighted by Crippen LogP contribution is 2.36. The Morgan fingerprint density at radius 3 is 2.53 bits per heavy atom. The predicted molar refractivity (Wildman–Crippen MR) is 135 cm³/mol. The van der Waals surface area contributed by atoms with E-state index in [4.69, 9.17) is 9.47 Å². The molecule has 172 valence electrons. The maximum atomic E-state index is 13.0. The second kappa shape index (κ2) is 10.3. The van der Waals surface area contributed by atoms with Crippen LogP contribution < -0.4 is 9.47 Å². The van der Waals surface area contributed by atoms with Gasteiger partial charge in [0.2, 0.25) is 0 Å². The molecule has 3 aromatic rings. The highest BCUT2D eigenvalue weighted by atomic mass is 79.9. The lowest BCUT2D eigenvalue weighted by atomic mass is 10.1. The van der Waals surface area contributed by atoms with E-state index < -0.39 is 5.97 Å². The topological polar surface area (TPSA) is 72.9 Å². The monoisotopic (exact) mass is 537 g/mol. The molecule has 4 rings (SSSR count). The maximum absolute atomic E-state index is 13.0. The van der Waals surface area contributed by atoms with E-state index >= 15 is 0 Å². The molecule has 1 heterocycles. The molecule has 34 heavy (non-hydrogen) atoms. The first kappa shape index (κ1) is 23.8. The third-order valence-electron chi connectivity index (χ3n) is 5.08.